The molecule has 0 saturated carbocycles. The van der Waals surface area contributed by atoms with Gasteiger partial charge in [0.2, 0.25) is 0 Å². The fourth-order valence-corrected chi connectivity index (χ4v) is 1.68. The maximum atomic E-state index is 9.55. The molecule has 1 aromatic rings. The quantitative estimate of drug-likeness (QED) is 0.850. The molecule has 3 heteroatoms. The normalized spacial score (nSPS) is 13.0. The van der Waals surface area contributed by atoms with Gasteiger partial charge < -0.3 is 5.11 Å². The Labute approximate surface area is 85.5 Å². The van der Waals surface area contributed by atoms with Crippen LogP contribution in [0, 0.1) is 0 Å². The van der Waals surface area contributed by atoms with Gasteiger partial charge in [-0.15, -0.1) is 0 Å². The van der Waals surface area contributed by atoms with Gasteiger partial charge >= 0.3 is 0 Å². The molecule has 1 atom stereocenters. The molecule has 1 nitrogen and oxygen atoms in total. The summed E-state index contributed by atoms with van der Waals surface area (Å²) in [6.07, 6.45) is 0.261. The number of aliphatic hydroxyl groups excluding tert-OH is 1. The van der Waals surface area contributed by atoms with Gasteiger partial charge in [-0.05, 0) is 30.2 Å². The van der Waals surface area contributed by atoms with Crippen molar-refractivity contribution in [2.45, 2.75) is 19.4 Å². The minimum absolute atomic E-state index is 0.432. The molecular formula is C9H10BrClO. The molecule has 0 heterocycles. The van der Waals surface area contributed by atoms with E-state index in [4.69, 9.17) is 11.6 Å². The molecule has 0 aliphatic rings. The Balaban J connectivity index is 3.04. The van der Waals surface area contributed by atoms with Gasteiger partial charge in [0.25, 0.3) is 0 Å². The van der Waals surface area contributed by atoms with Crippen LogP contribution in [-0.2, 0) is 0 Å². The van der Waals surface area contributed by atoms with E-state index in [0.717, 1.165) is 10.0 Å². The first kappa shape index (κ1) is 10.0. The lowest BCUT2D eigenvalue weighted by molar-refractivity contribution is 0.173. The highest BCUT2D eigenvalue weighted by Gasteiger charge is 2.08. The number of hydrogen-bond donors (Lipinski definition) is 1. The predicted octanol–water partition coefficient (Wildman–Crippen LogP) is 3.55. The Morgan fingerprint density at radius 3 is 2.83 bits per heavy atom. The monoisotopic (exact) mass is 248 g/mol. The fourth-order valence-electron chi connectivity index (χ4n) is 0.990. The molecule has 0 aliphatic heterocycles. The predicted molar refractivity (Wildman–Crippen MR) is 54.4 cm³/mol. The molecule has 0 aromatic heterocycles. The Morgan fingerprint density at radius 1 is 1.58 bits per heavy atom. The first-order chi connectivity index (χ1) is 5.65. The van der Waals surface area contributed by atoms with Gasteiger partial charge in [-0.3, -0.25) is 0 Å². The van der Waals surface area contributed by atoms with Crippen LogP contribution in [0.3, 0.4) is 0 Å². The first-order valence-corrected chi connectivity index (χ1v) is 4.95. The summed E-state index contributed by atoms with van der Waals surface area (Å²) >= 11 is 9.14. The van der Waals surface area contributed by atoms with Crippen molar-refractivity contribution in [1.29, 1.82) is 0 Å². The Morgan fingerprint density at radius 2 is 2.25 bits per heavy atom. The molecule has 0 unspecified atom stereocenters. The maximum absolute atomic E-state index is 9.55. The lowest BCUT2D eigenvalue weighted by Gasteiger charge is -2.10. The van der Waals surface area contributed by atoms with Crippen LogP contribution in [0.25, 0.3) is 0 Å². The van der Waals surface area contributed by atoms with Crippen molar-refractivity contribution < 1.29 is 5.11 Å². The minimum atomic E-state index is -0.432. The molecule has 0 spiro atoms. The first-order valence-electron chi connectivity index (χ1n) is 3.78. The summed E-state index contributed by atoms with van der Waals surface area (Å²) in [5.41, 5.74) is 0.852. The molecule has 66 valence electrons. The number of benzene rings is 1. The summed E-state index contributed by atoms with van der Waals surface area (Å²) in [5, 5.41) is 10.2. The topological polar surface area (TPSA) is 20.2 Å². The highest BCUT2D eigenvalue weighted by atomic mass is 79.9. The van der Waals surface area contributed by atoms with E-state index in [0.29, 0.717) is 11.4 Å². The molecule has 0 radical (unpaired) electrons. The van der Waals surface area contributed by atoms with E-state index in [1.807, 2.05) is 13.0 Å². The Bertz CT molecular complexity index is 275. The van der Waals surface area contributed by atoms with Crippen molar-refractivity contribution in [3.8, 4) is 0 Å². The molecule has 1 N–H and O–H groups in total. The smallest absolute Gasteiger partial charge is 0.0798 e. The number of aliphatic hydroxyl groups is 1. The van der Waals surface area contributed by atoms with Crippen LogP contribution in [0.15, 0.2) is 22.7 Å². The Hall–Kier alpha value is -0.0500. The molecule has 0 saturated heterocycles. The van der Waals surface area contributed by atoms with E-state index < -0.39 is 6.10 Å². The van der Waals surface area contributed by atoms with Crippen LogP contribution in [-0.4, -0.2) is 5.11 Å². The zero-order valence-electron chi connectivity index (χ0n) is 6.72. The molecule has 1 rings (SSSR count). The largest absolute Gasteiger partial charge is 0.388 e. The minimum Gasteiger partial charge on any atom is -0.388 e. The second-order valence-corrected chi connectivity index (χ2v) is 3.88. The Kier molecular flexibility index (Phi) is 3.56. The zero-order valence-corrected chi connectivity index (χ0v) is 9.06. The summed E-state index contributed by atoms with van der Waals surface area (Å²) in [6, 6.07) is 5.41. The van der Waals surface area contributed by atoms with Crippen LogP contribution in [0.5, 0.6) is 0 Å². The van der Waals surface area contributed by atoms with Crippen molar-refractivity contribution in [1.82, 2.24) is 0 Å². The summed E-state index contributed by atoms with van der Waals surface area (Å²) in [7, 11) is 0. The van der Waals surface area contributed by atoms with Crippen LogP contribution < -0.4 is 0 Å². The van der Waals surface area contributed by atoms with Crippen LogP contribution in [0.1, 0.15) is 25.0 Å². The lowest BCUT2D eigenvalue weighted by atomic mass is 10.1. The summed E-state index contributed by atoms with van der Waals surface area (Å²) < 4.78 is 0.904. The molecule has 12 heavy (non-hydrogen) atoms. The number of rotatable bonds is 2. The van der Waals surface area contributed by atoms with Crippen LogP contribution in [0.4, 0.5) is 0 Å². The summed E-state index contributed by atoms with van der Waals surface area (Å²) in [6.45, 7) is 1.93. The second-order valence-electron chi connectivity index (χ2n) is 2.59. The van der Waals surface area contributed by atoms with Gasteiger partial charge in [0.15, 0.2) is 0 Å². The van der Waals surface area contributed by atoms with Gasteiger partial charge in [-0.25, -0.2) is 0 Å². The third-order valence-electron chi connectivity index (χ3n) is 1.70. The van der Waals surface area contributed by atoms with E-state index >= 15 is 0 Å². The standard InChI is InChI=1S/C9H10BrClO/c1-2-9(12)7-5-6(11)3-4-8(7)10/h3-5,9,12H,2H2,1H3/t9-/m1/s1. The van der Waals surface area contributed by atoms with E-state index in [2.05, 4.69) is 15.9 Å². The van der Waals surface area contributed by atoms with Gasteiger partial charge in [0.1, 0.15) is 0 Å². The zero-order chi connectivity index (χ0) is 9.14. The SMILES string of the molecule is CC[C@@H](O)c1cc(Cl)ccc1Br. The fraction of sp³-hybridized carbons (Fsp3) is 0.333. The number of hydrogen-bond acceptors (Lipinski definition) is 1. The van der Waals surface area contributed by atoms with Gasteiger partial charge in [0.05, 0.1) is 6.10 Å². The van der Waals surface area contributed by atoms with E-state index in [1.165, 1.54) is 0 Å². The number of halogens is 2. The lowest BCUT2D eigenvalue weighted by Crippen LogP contribution is -1.95. The van der Waals surface area contributed by atoms with Crippen molar-refractivity contribution in [2.75, 3.05) is 0 Å². The van der Waals surface area contributed by atoms with Crippen molar-refractivity contribution in [3.05, 3.63) is 33.3 Å². The van der Waals surface area contributed by atoms with Gasteiger partial charge in [-0.1, -0.05) is 34.5 Å². The van der Waals surface area contributed by atoms with E-state index in [9.17, 15) is 5.11 Å². The van der Waals surface area contributed by atoms with Crippen molar-refractivity contribution in [2.24, 2.45) is 0 Å². The molecule has 0 fully saturated rings. The molecule has 0 aliphatic carbocycles. The third kappa shape index (κ3) is 2.22. The average Bonchev–Trinajstić information content (AvgIpc) is 2.08. The van der Waals surface area contributed by atoms with Crippen molar-refractivity contribution in [3.63, 3.8) is 0 Å². The maximum Gasteiger partial charge on any atom is 0.0798 e. The highest BCUT2D eigenvalue weighted by Crippen LogP contribution is 2.27. The molecule has 1 aromatic carbocycles. The van der Waals surface area contributed by atoms with Gasteiger partial charge in [-0.2, -0.15) is 0 Å². The summed E-state index contributed by atoms with van der Waals surface area (Å²) in [4.78, 5) is 0. The highest BCUT2D eigenvalue weighted by molar-refractivity contribution is 9.10. The molecule has 0 amide bonds. The van der Waals surface area contributed by atoms with E-state index in [1.54, 1.807) is 12.1 Å². The van der Waals surface area contributed by atoms with Crippen molar-refractivity contribution >= 4 is 27.5 Å². The van der Waals surface area contributed by atoms with Crippen LogP contribution in [0.2, 0.25) is 5.02 Å². The molecular weight excluding hydrogens is 239 g/mol. The summed E-state index contributed by atoms with van der Waals surface area (Å²) in [5.74, 6) is 0. The van der Waals surface area contributed by atoms with Crippen LogP contribution >= 0.6 is 27.5 Å². The van der Waals surface area contributed by atoms with Gasteiger partial charge in [0, 0.05) is 9.50 Å². The third-order valence-corrected chi connectivity index (χ3v) is 2.66. The molecule has 0 bridgehead atoms. The second kappa shape index (κ2) is 4.26. The van der Waals surface area contributed by atoms with E-state index in [-0.39, 0.29) is 0 Å². The average molecular weight is 250 g/mol.